The molecule has 1 aromatic heterocycles. The van der Waals surface area contributed by atoms with Crippen molar-refractivity contribution >= 4 is 11.9 Å². The van der Waals surface area contributed by atoms with Gasteiger partial charge in [-0.2, -0.15) is 0 Å². The van der Waals surface area contributed by atoms with Crippen LogP contribution in [0.4, 0.5) is 4.39 Å². The van der Waals surface area contributed by atoms with Crippen molar-refractivity contribution in [1.29, 1.82) is 0 Å². The summed E-state index contributed by atoms with van der Waals surface area (Å²) in [4.78, 5) is 33.9. The molecule has 3 heterocycles. The molecule has 1 saturated carbocycles. The summed E-state index contributed by atoms with van der Waals surface area (Å²) in [5.41, 5.74) is 6.27. The molecule has 6 rings (SSSR count). The van der Waals surface area contributed by atoms with Crippen LogP contribution in [0.3, 0.4) is 0 Å². The van der Waals surface area contributed by atoms with Crippen molar-refractivity contribution in [2.45, 2.75) is 77.5 Å². The van der Waals surface area contributed by atoms with E-state index in [2.05, 4.69) is 22.0 Å². The average Bonchev–Trinajstić information content (AvgIpc) is 3.80. The van der Waals surface area contributed by atoms with Crippen LogP contribution in [0, 0.1) is 12.7 Å². The Kier molecular flexibility index (Phi) is 7.75. The van der Waals surface area contributed by atoms with E-state index in [9.17, 15) is 19.1 Å². The van der Waals surface area contributed by atoms with Crippen LogP contribution in [-0.2, 0) is 13.0 Å². The number of piperidine rings is 1. The second kappa shape index (κ2) is 11.5. The number of fused-ring (bicyclic) bond motifs is 1. The summed E-state index contributed by atoms with van der Waals surface area (Å²) < 4.78 is 20.0. The number of amides is 1. The summed E-state index contributed by atoms with van der Waals surface area (Å²) in [5, 5.41) is 9.53. The molecule has 7 nitrogen and oxygen atoms in total. The van der Waals surface area contributed by atoms with Gasteiger partial charge in [0.05, 0.1) is 28.6 Å². The Morgan fingerprint density at radius 2 is 1.76 bits per heavy atom. The van der Waals surface area contributed by atoms with Crippen molar-refractivity contribution in [2.24, 2.45) is 0 Å². The maximum absolute atomic E-state index is 13.7. The molecule has 0 radical (unpaired) electrons. The fraction of sp³-hybridized carbons (Fsp3) is 0.441. The van der Waals surface area contributed by atoms with E-state index in [1.54, 1.807) is 6.92 Å². The van der Waals surface area contributed by atoms with Crippen LogP contribution >= 0.6 is 0 Å². The van der Waals surface area contributed by atoms with Gasteiger partial charge in [-0.15, -0.1) is 0 Å². The molecule has 0 atom stereocenters. The number of halogens is 1. The smallest absolute Gasteiger partial charge is 0.337 e. The lowest BCUT2D eigenvalue weighted by atomic mass is 9.93. The van der Waals surface area contributed by atoms with E-state index in [1.165, 1.54) is 42.2 Å². The number of ether oxygens (including phenoxy) is 1. The van der Waals surface area contributed by atoms with E-state index in [-0.39, 0.29) is 29.4 Å². The van der Waals surface area contributed by atoms with Crippen LogP contribution in [0.15, 0.2) is 42.5 Å². The standard InChI is InChI=1S/C34H38FN3O4/c1-20(2)42-32-18-29(23-6-8-25(35)9-7-23)28(22-4-5-22)16-24(32)19-37-13-10-26(11-14-37)38-15-12-31-30(33(38)39)17-27(34(40)41)21(3)36-31/h6-9,16-18,20,22,26H,4-5,10-15,19H2,1-3H3,(H,40,41). The first-order chi connectivity index (χ1) is 20.2. The zero-order valence-electron chi connectivity index (χ0n) is 24.5. The largest absolute Gasteiger partial charge is 0.491 e. The molecule has 8 heteroatoms. The first-order valence-electron chi connectivity index (χ1n) is 15.0. The van der Waals surface area contributed by atoms with Gasteiger partial charge in [-0.25, -0.2) is 9.18 Å². The minimum atomic E-state index is -1.06. The van der Waals surface area contributed by atoms with Crippen molar-refractivity contribution in [3.63, 3.8) is 0 Å². The Morgan fingerprint density at radius 3 is 2.40 bits per heavy atom. The number of likely N-dealkylation sites (tertiary alicyclic amines) is 1. The van der Waals surface area contributed by atoms with Gasteiger partial charge in [0.1, 0.15) is 11.6 Å². The molecule has 3 aliphatic rings. The average molecular weight is 572 g/mol. The van der Waals surface area contributed by atoms with E-state index in [1.807, 2.05) is 30.9 Å². The van der Waals surface area contributed by atoms with Gasteiger partial charge in [0, 0.05) is 44.2 Å². The van der Waals surface area contributed by atoms with Gasteiger partial charge in [-0.1, -0.05) is 12.1 Å². The van der Waals surface area contributed by atoms with E-state index in [0.29, 0.717) is 35.8 Å². The van der Waals surface area contributed by atoms with Gasteiger partial charge in [-0.3, -0.25) is 14.7 Å². The van der Waals surface area contributed by atoms with Crippen molar-refractivity contribution in [2.75, 3.05) is 19.6 Å². The number of hydrogen-bond acceptors (Lipinski definition) is 5. The number of carboxylic acid groups (broad SMARTS) is 1. The molecular weight excluding hydrogens is 533 g/mol. The monoisotopic (exact) mass is 571 g/mol. The quantitative estimate of drug-likeness (QED) is 0.346. The van der Waals surface area contributed by atoms with E-state index in [0.717, 1.165) is 49.4 Å². The number of hydrogen-bond donors (Lipinski definition) is 1. The van der Waals surface area contributed by atoms with Crippen molar-refractivity contribution in [3.8, 4) is 16.9 Å². The zero-order valence-corrected chi connectivity index (χ0v) is 24.5. The SMILES string of the molecule is Cc1nc2c(cc1C(=O)O)C(=O)N(C1CCN(Cc3cc(C4CC4)c(-c4ccc(F)cc4)cc3OC(C)C)CC1)CC2. The molecule has 1 aliphatic carbocycles. The van der Waals surface area contributed by atoms with E-state index >= 15 is 0 Å². The lowest BCUT2D eigenvalue weighted by Gasteiger charge is -2.40. The first-order valence-corrected chi connectivity index (χ1v) is 15.0. The number of aryl methyl sites for hydroxylation is 1. The summed E-state index contributed by atoms with van der Waals surface area (Å²) in [6.45, 7) is 8.83. The maximum Gasteiger partial charge on any atom is 0.337 e. The van der Waals surface area contributed by atoms with Crippen molar-refractivity contribution < 1.29 is 23.8 Å². The highest BCUT2D eigenvalue weighted by Crippen LogP contribution is 2.47. The number of nitrogens with zero attached hydrogens (tertiary/aromatic N) is 3. The van der Waals surface area contributed by atoms with Crippen LogP contribution in [-0.4, -0.2) is 63.5 Å². The molecule has 2 aliphatic heterocycles. The van der Waals surface area contributed by atoms with Crippen LogP contribution in [0.25, 0.3) is 11.1 Å². The molecule has 0 unspecified atom stereocenters. The van der Waals surface area contributed by atoms with E-state index in [4.69, 9.17) is 4.74 Å². The highest BCUT2D eigenvalue weighted by Gasteiger charge is 2.34. The zero-order chi connectivity index (χ0) is 29.5. The van der Waals surface area contributed by atoms with Gasteiger partial charge < -0.3 is 14.7 Å². The van der Waals surface area contributed by atoms with Gasteiger partial charge in [0.15, 0.2) is 0 Å². The molecule has 1 amide bonds. The first kappa shape index (κ1) is 28.3. The number of pyridine rings is 1. The van der Waals surface area contributed by atoms with Gasteiger partial charge in [0.2, 0.25) is 0 Å². The summed E-state index contributed by atoms with van der Waals surface area (Å²) >= 11 is 0. The Bertz CT molecular complexity index is 1510. The van der Waals surface area contributed by atoms with Crippen LogP contribution in [0.1, 0.15) is 88.7 Å². The normalized spacial score (nSPS) is 17.9. The van der Waals surface area contributed by atoms with Crippen molar-refractivity contribution in [1.82, 2.24) is 14.8 Å². The molecule has 0 spiro atoms. The third-order valence-electron chi connectivity index (χ3n) is 8.76. The second-order valence-electron chi connectivity index (χ2n) is 12.2. The number of rotatable bonds is 8. The molecule has 2 aromatic carbocycles. The topological polar surface area (TPSA) is 83.0 Å². The highest BCUT2D eigenvalue weighted by atomic mass is 19.1. The van der Waals surface area contributed by atoms with Gasteiger partial charge >= 0.3 is 5.97 Å². The van der Waals surface area contributed by atoms with Gasteiger partial charge in [-0.05, 0) is 99.4 Å². The number of carbonyl (C=O) groups excluding carboxylic acids is 1. The van der Waals surface area contributed by atoms with Crippen LogP contribution in [0.5, 0.6) is 5.75 Å². The Morgan fingerprint density at radius 1 is 1.05 bits per heavy atom. The number of carboxylic acids is 1. The minimum Gasteiger partial charge on any atom is -0.491 e. The third-order valence-corrected chi connectivity index (χ3v) is 8.76. The highest BCUT2D eigenvalue weighted by molar-refractivity contribution is 5.99. The molecule has 42 heavy (non-hydrogen) atoms. The second-order valence-corrected chi connectivity index (χ2v) is 12.2. The van der Waals surface area contributed by atoms with Crippen LogP contribution < -0.4 is 4.74 Å². The maximum atomic E-state index is 13.7. The summed E-state index contributed by atoms with van der Waals surface area (Å²) in [6, 6.07) is 12.8. The molecule has 2 fully saturated rings. The summed E-state index contributed by atoms with van der Waals surface area (Å²) in [6.07, 6.45) is 4.71. The fourth-order valence-corrected chi connectivity index (χ4v) is 6.45. The Hall–Kier alpha value is -3.78. The summed E-state index contributed by atoms with van der Waals surface area (Å²) in [5.74, 6) is -0.0101. The molecule has 1 N–H and O–H groups in total. The third kappa shape index (κ3) is 5.77. The van der Waals surface area contributed by atoms with E-state index < -0.39 is 5.97 Å². The molecule has 220 valence electrons. The minimum absolute atomic E-state index is 0.0234. The molecular formula is C34H38FN3O4. The predicted octanol–water partition coefficient (Wildman–Crippen LogP) is 6.22. The number of aromatic nitrogens is 1. The van der Waals surface area contributed by atoms with Crippen molar-refractivity contribution in [3.05, 3.63) is 81.9 Å². The Balaban J connectivity index is 1.18. The summed E-state index contributed by atoms with van der Waals surface area (Å²) in [7, 11) is 0. The lowest BCUT2D eigenvalue weighted by Crippen LogP contribution is -2.50. The fourth-order valence-electron chi connectivity index (χ4n) is 6.45. The predicted molar refractivity (Wildman–Crippen MR) is 159 cm³/mol. The number of aromatic carboxylic acids is 1. The van der Waals surface area contributed by atoms with Gasteiger partial charge in [0.25, 0.3) is 5.91 Å². The Labute approximate surface area is 246 Å². The molecule has 3 aromatic rings. The van der Waals surface area contributed by atoms with Crippen LogP contribution in [0.2, 0.25) is 0 Å². The molecule has 0 bridgehead atoms. The number of benzene rings is 2. The molecule has 1 saturated heterocycles. The lowest BCUT2D eigenvalue weighted by molar-refractivity contribution is 0.0542. The number of carbonyl (C=O) groups is 2.